The van der Waals surface area contributed by atoms with Crippen molar-refractivity contribution in [3.63, 3.8) is 0 Å². The quantitative estimate of drug-likeness (QED) is 0.473. The van der Waals surface area contributed by atoms with Gasteiger partial charge in [-0.1, -0.05) is 25.4 Å². The Morgan fingerprint density at radius 3 is 2.44 bits per heavy atom. The van der Waals surface area contributed by atoms with Gasteiger partial charge in [0.2, 0.25) is 11.7 Å². The van der Waals surface area contributed by atoms with Crippen LogP contribution in [-0.2, 0) is 4.79 Å². The van der Waals surface area contributed by atoms with E-state index in [-0.39, 0.29) is 34.3 Å². The van der Waals surface area contributed by atoms with Crippen LogP contribution in [0.4, 0.5) is 5.69 Å². The normalized spacial score (nSPS) is 14.3. The summed E-state index contributed by atoms with van der Waals surface area (Å²) in [6, 6.07) is 10.5. The van der Waals surface area contributed by atoms with E-state index in [2.05, 4.69) is 5.32 Å². The first-order chi connectivity index (χ1) is 15.2. The van der Waals surface area contributed by atoms with Crippen molar-refractivity contribution in [2.75, 3.05) is 13.1 Å². The Hall–Kier alpha value is -3.13. The SMILES string of the molecule is CC(C)CC(=O)N1CCC(NC(=O)c2ccc(Oc3ccc(Cl)cc3[N+](=O)[O-])cc2)CC1. The summed E-state index contributed by atoms with van der Waals surface area (Å²) < 4.78 is 5.60. The van der Waals surface area contributed by atoms with Gasteiger partial charge in [0.1, 0.15) is 5.75 Å². The second kappa shape index (κ2) is 10.5. The first-order valence-electron chi connectivity index (χ1n) is 10.5. The monoisotopic (exact) mass is 459 g/mol. The van der Waals surface area contributed by atoms with E-state index in [9.17, 15) is 19.7 Å². The molecule has 0 aliphatic carbocycles. The Kier molecular flexibility index (Phi) is 7.69. The first-order valence-corrected chi connectivity index (χ1v) is 10.9. The van der Waals surface area contributed by atoms with Gasteiger partial charge in [-0.3, -0.25) is 19.7 Å². The number of piperidine rings is 1. The van der Waals surface area contributed by atoms with Gasteiger partial charge in [-0.05, 0) is 55.2 Å². The standard InChI is InChI=1S/C23H26ClN3O5/c1-15(2)13-22(28)26-11-9-18(10-12-26)25-23(29)16-3-6-19(7-4-16)32-21-8-5-17(24)14-20(21)27(30)31/h3-8,14-15,18H,9-13H2,1-2H3,(H,25,29). The van der Waals surface area contributed by atoms with E-state index in [0.717, 1.165) is 12.8 Å². The smallest absolute Gasteiger partial charge is 0.313 e. The number of halogens is 1. The Labute approximate surface area is 191 Å². The molecule has 0 spiro atoms. The molecule has 1 heterocycles. The second-order valence-corrected chi connectivity index (χ2v) is 8.66. The summed E-state index contributed by atoms with van der Waals surface area (Å²) in [7, 11) is 0. The number of benzene rings is 2. The predicted octanol–water partition coefficient (Wildman–Crippen LogP) is 4.81. The van der Waals surface area contributed by atoms with Crippen molar-refractivity contribution in [2.24, 2.45) is 5.92 Å². The van der Waals surface area contributed by atoms with Gasteiger partial charge in [-0.15, -0.1) is 0 Å². The molecule has 32 heavy (non-hydrogen) atoms. The molecular weight excluding hydrogens is 434 g/mol. The van der Waals surface area contributed by atoms with Gasteiger partial charge >= 0.3 is 5.69 Å². The molecule has 0 bridgehead atoms. The van der Waals surface area contributed by atoms with Gasteiger partial charge in [-0.25, -0.2) is 0 Å². The number of carbonyl (C=O) groups is 2. The highest BCUT2D eigenvalue weighted by atomic mass is 35.5. The number of carbonyl (C=O) groups excluding carboxylic acids is 2. The van der Waals surface area contributed by atoms with Crippen molar-refractivity contribution < 1.29 is 19.2 Å². The third-order valence-electron chi connectivity index (χ3n) is 5.23. The summed E-state index contributed by atoms with van der Waals surface area (Å²) in [5, 5.41) is 14.4. The molecule has 9 heteroatoms. The van der Waals surface area contributed by atoms with Crippen LogP contribution in [0.1, 0.15) is 43.5 Å². The topological polar surface area (TPSA) is 102 Å². The molecule has 2 aromatic carbocycles. The lowest BCUT2D eigenvalue weighted by Crippen LogP contribution is -2.46. The first kappa shape index (κ1) is 23.5. The lowest BCUT2D eigenvalue weighted by Gasteiger charge is -2.32. The number of nitro groups is 1. The molecular formula is C23H26ClN3O5. The number of nitro benzene ring substituents is 1. The Balaban J connectivity index is 1.55. The number of hydrogen-bond donors (Lipinski definition) is 1. The molecule has 2 amide bonds. The molecule has 1 fully saturated rings. The number of likely N-dealkylation sites (tertiary alicyclic amines) is 1. The van der Waals surface area contributed by atoms with Crippen LogP contribution in [0.25, 0.3) is 0 Å². The molecule has 1 aliphatic heterocycles. The number of ether oxygens (including phenoxy) is 1. The highest BCUT2D eigenvalue weighted by Crippen LogP contribution is 2.33. The molecule has 0 saturated carbocycles. The lowest BCUT2D eigenvalue weighted by atomic mass is 10.0. The fraction of sp³-hybridized carbons (Fsp3) is 0.391. The minimum Gasteiger partial charge on any atom is -0.450 e. The van der Waals surface area contributed by atoms with E-state index in [0.29, 0.717) is 36.7 Å². The van der Waals surface area contributed by atoms with Gasteiger partial charge in [0.25, 0.3) is 5.91 Å². The van der Waals surface area contributed by atoms with Crippen molar-refractivity contribution in [1.82, 2.24) is 10.2 Å². The van der Waals surface area contributed by atoms with Gasteiger partial charge < -0.3 is 15.0 Å². The van der Waals surface area contributed by atoms with Gasteiger partial charge in [0.15, 0.2) is 0 Å². The van der Waals surface area contributed by atoms with Crippen LogP contribution < -0.4 is 10.1 Å². The largest absolute Gasteiger partial charge is 0.450 e. The van der Waals surface area contributed by atoms with Crippen LogP contribution in [0.2, 0.25) is 5.02 Å². The van der Waals surface area contributed by atoms with E-state index in [4.69, 9.17) is 16.3 Å². The van der Waals surface area contributed by atoms with E-state index in [1.54, 1.807) is 24.3 Å². The molecule has 1 N–H and O–H groups in total. The molecule has 0 atom stereocenters. The highest BCUT2D eigenvalue weighted by molar-refractivity contribution is 6.30. The number of hydrogen-bond acceptors (Lipinski definition) is 5. The van der Waals surface area contributed by atoms with E-state index in [1.165, 1.54) is 18.2 Å². The van der Waals surface area contributed by atoms with Crippen LogP contribution in [0, 0.1) is 16.0 Å². The lowest BCUT2D eigenvalue weighted by molar-refractivity contribution is -0.385. The Morgan fingerprint density at radius 2 is 1.84 bits per heavy atom. The second-order valence-electron chi connectivity index (χ2n) is 8.22. The number of rotatable bonds is 7. The maximum Gasteiger partial charge on any atom is 0.313 e. The summed E-state index contributed by atoms with van der Waals surface area (Å²) >= 11 is 5.82. The molecule has 1 aliphatic rings. The summed E-state index contributed by atoms with van der Waals surface area (Å²) in [5.74, 6) is 0.722. The number of nitrogens with one attached hydrogen (secondary N) is 1. The minimum atomic E-state index is -0.565. The zero-order chi connectivity index (χ0) is 23.3. The Morgan fingerprint density at radius 1 is 1.19 bits per heavy atom. The van der Waals surface area contributed by atoms with Crippen molar-refractivity contribution in [1.29, 1.82) is 0 Å². The average Bonchev–Trinajstić information content (AvgIpc) is 2.75. The fourth-order valence-corrected chi connectivity index (χ4v) is 3.71. The summed E-state index contributed by atoms with van der Waals surface area (Å²) in [6.45, 7) is 5.34. The van der Waals surface area contributed by atoms with Gasteiger partial charge in [0.05, 0.1) is 4.92 Å². The fourth-order valence-electron chi connectivity index (χ4n) is 3.54. The molecule has 0 radical (unpaired) electrons. The maximum absolute atomic E-state index is 12.6. The molecule has 0 unspecified atom stereocenters. The van der Waals surface area contributed by atoms with E-state index < -0.39 is 4.92 Å². The minimum absolute atomic E-state index is 0.0123. The zero-order valence-electron chi connectivity index (χ0n) is 18.0. The van der Waals surface area contributed by atoms with Crippen LogP contribution in [-0.4, -0.2) is 40.8 Å². The average molecular weight is 460 g/mol. The third-order valence-corrected chi connectivity index (χ3v) is 5.46. The summed E-state index contributed by atoms with van der Waals surface area (Å²) in [6.07, 6.45) is 1.98. The molecule has 1 saturated heterocycles. The molecule has 8 nitrogen and oxygen atoms in total. The molecule has 2 aromatic rings. The van der Waals surface area contributed by atoms with Crippen LogP contribution >= 0.6 is 11.6 Å². The van der Waals surface area contributed by atoms with E-state index in [1.807, 2.05) is 18.7 Å². The highest BCUT2D eigenvalue weighted by Gasteiger charge is 2.24. The van der Waals surface area contributed by atoms with Crippen LogP contribution in [0.15, 0.2) is 42.5 Å². The molecule has 170 valence electrons. The van der Waals surface area contributed by atoms with Crippen LogP contribution in [0.3, 0.4) is 0 Å². The Bertz CT molecular complexity index is 986. The van der Waals surface area contributed by atoms with Gasteiger partial charge in [0, 0.05) is 42.2 Å². The number of nitrogens with zero attached hydrogens (tertiary/aromatic N) is 2. The van der Waals surface area contributed by atoms with E-state index >= 15 is 0 Å². The summed E-state index contributed by atoms with van der Waals surface area (Å²) in [5.41, 5.74) is 0.221. The molecule has 3 rings (SSSR count). The maximum atomic E-state index is 12.6. The zero-order valence-corrected chi connectivity index (χ0v) is 18.8. The van der Waals surface area contributed by atoms with Crippen molar-refractivity contribution >= 4 is 29.1 Å². The van der Waals surface area contributed by atoms with Crippen molar-refractivity contribution in [3.8, 4) is 11.5 Å². The number of amides is 2. The van der Waals surface area contributed by atoms with Crippen molar-refractivity contribution in [3.05, 3.63) is 63.2 Å². The van der Waals surface area contributed by atoms with Crippen LogP contribution in [0.5, 0.6) is 11.5 Å². The third kappa shape index (κ3) is 6.20. The van der Waals surface area contributed by atoms with Gasteiger partial charge in [-0.2, -0.15) is 0 Å². The predicted molar refractivity (Wildman–Crippen MR) is 121 cm³/mol. The molecule has 0 aromatic heterocycles. The summed E-state index contributed by atoms with van der Waals surface area (Å²) in [4.78, 5) is 37.3. The van der Waals surface area contributed by atoms with Crippen molar-refractivity contribution in [2.45, 2.75) is 39.2 Å².